The van der Waals surface area contributed by atoms with Gasteiger partial charge in [-0.2, -0.15) is 4.98 Å². The van der Waals surface area contributed by atoms with E-state index in [-0.39, 0.29) is 11.5 Å². The van der Waals surface area contributed by atoms with Crippen molar-refractivity contribution in [2.75, 3.05) is 6.61 Å². The number of benzene rings is 2. The molecule has 6 nitrogen and oxygen atoms in total. The summed E-state index contributed by atoms with van der Waals surface area (Å²) >= 11 is 0. The van der Waals surface area contributed by atoms with E-state index < -0.39 is 5.97 Å². The standard InChI is InChI=1S/C17H14N2O4/c1-2-22-14-8-6-11(7-9-14)15-18-16(23-19-15)12-4-3-5-13(10-12)17(20)21/h3-10H,2H2,1H3,(H,20,21). The van der Waals surface area contributed by atoms with E-state index in [0.717, 1.165) is 11.3 Å². The normalized spacial score (nSPS) is 10.5. The lowest BCUT2D eigenvalue weighted by molar-refractivity contribution is 0.0697. The van der Waals surface area contributed by atoms with Crippen LogP contribution in [0.2, 0.25) is 0 Å². The Morgan fingerprint density at radius 2 is 1.96 bits per heavy atom. The second-order valence-corrected chi connectivity index (χ2v) is 4.77. The molecule has 1 aromatic heterocycles. The van der Waals surface area contributed by atoms with Gasteiger partial charge in [-0.05, 0) is 49.4 Å². The minimum Gasteiger partial charge on any atom is -0.494 e. The van der Waals surface area contributed by atoms with Crippen LogP contribution in [-0.4, -0.2) is 27.8 Å². The Balaban J connectivity index is 1.88. The molecule has 3 rings (SSSR count). The van der Waals surface area contributed by atoms with E-state index in [2.05, 4.69) is 10.1 Å². The topological polar surface area (TPSA) is 85.5 Å². The lowest BCUT2D eigenvalue weighted by Gasteiger charge is -2.02. The third-order valence-electron chi connectivity index (χ3n) is 3.21. The molecule has 23 heavy (non-hydrogen) atoms. The number of hydrogen-bond acceptors (Lipinski definition) is 5. The highest BCUT2D eigenvalue weighted by Crippen LogP contribution is 2.24. The fourth-order valence-electron chi connectivity index (χ4n) is 2.11. The maximum atomic E-state index is 11.0. The number of nitrogens with zero attached hydrogens (tertiary/aromatic N) is 2. The van der Waals surface area contributed by atoms with Gasteiger partial charge in [-0.1, -0.05) is 11.2 Å². The first-order valence-corrected chi connectivity index (χ1v) is 7.08. The van der Waals surface area contributed by atoms with Gasteiger partial charge in [-0.3, -0.25) is 0 Å². The fraction of sp³-hybridized carbons (Fsp3) is 0.118. The monoisotopic (exact) mass is 310 g/mol. The average molecular weight is 310 g/mol. The maximum Gasteiger partial charge on any atom is 0.335 e. The van der Waals surface area contributed by atoms with Gasteiger partial charge in [0.1, 0.15) is 5.75 Å². The predicted octanol–water partition coefficient (Wildman–Crippen LogP) is 3.50. The highest BCUT2D eigenvalue weighted by atomic mass is 16.5. The number of hydrogen-bond donors (Lipinski definition) is 1. The van der Waals surface area contributed by atoms with E-state index in [1.165, 1.54) is 12.1 Å². The van der Waals surface area contributed by atoms with Crippen LogP contribution in [0.25, 0.3) is 22.8 Å². The number of carboxylic acids is 1. The Hall–Kier alpha value is -3.15. The molecule has 1 heterocycles. The van der Waals surface area contributed by atoms with Gasteiger partial charge < -0.3 is 14.4 Å². The van der Waals surface area contributed by atoms with Crippen LogP contribution in [0.4, 0.5) is 0 Å². The summed E-state index contributed by atoms with van der Waals surface area (Å²) in [6.45, 7) is 2.52. The molecular weight excluding hydrogens is 296 g/mol. The van der Waals surface area contributed by atoms with Crippen molar-refractivity contribution in [3.05, 3.63) is 54.1 Å². The molecule has 0 amide bonds. The van der Waals surface area contributed by atoms with Crippen molar-refractivity contribution >= 4 is 5.97 Å². The van der Waals surface area contributed by atoms with Crippen molar-refractivity contribution < 1.29 is 19.2 Å². The quantitative estimate of drug-likeness (QED) is 0.776. The number of rotatable bonds is 5. The molecule has 6 heteroatoms. The smallest absolute Gasteiger partial charge is 0.335 e. The van der Waals surface area contributed by atoms with Crippen LogP contribution in [0.5, 0.6) is 5.75 Å². The summed E-state index contributed by atoms with van der Waals surface area (Å²) in [4.78, 5) is 15.3. The molecule has 0 fully saturated rings. The molecule has 0 aliphatic heterocycles. The minimum absolute atomic E-state index is 0.170. The second kappa shape index (κ2) is 6.31. The highest BCUT2D eigenvalue weighted by Gasteiger charge is 2.12. The van der Waals surface area contributed by atoms with Gasteiger partial charge in [0.15, 0.2) is 0 Å². The molecule has 0 aliphatic carbocycles. The van der Waals surface area contributed by atoms with Crippen LogP contribution in [0.1, 0.15) is 17.3 Å². The largest absolute Gasteiger partial charge is 0.494 e. The summed E-state index contributed by atoms with van der Waals surface area (Å²) in [5, 5.41) is 13.0. The molecule has 0 bridgehead atoms. The van der Waals surface area contributed by atoms with Crippen LogP contribution in [0, 0.1) is 0 Å². The number of aromatic carboxylic acids is 1. The van der Waals surface area contributed by atoms with Gasteiger partial charge in [0.05, 0.1) is 12.2 Å². The van der Waals surface area contributed by atoms with Crippen LogP contribution >= 0.6 is 0 Å². The molecule has 0 atom stereocenters. The first kappa shape index (κ1) is 14.8. The van der Waals surface area contributed by atoms with Crippen LogP contribution < -0.4 is 4.74 Å². The fourth-order valence-corrected chi connectivity index (χ4v) is 2.11. The van der Waals surface area contributed by atoms with E-state index in [1.54, 1.807) is 12.1 Å². The average Bonchev–Trinajstić information content (AvgIpc) is 3.06. The molecule has 0 unspecified atom stereocenters. The Labute approximate surface area is 132 Å². The molecule has 0 spiro atoms. The van der Waals surface area contributed by atoms with Gasteiger partial charge in [-0.25, -0.2) is 4.79 Å². The summed E-state index contributed by atoms with van der Waals surface area (Å²) in [5.74, 6) is 0.480. The van der Waals surface area contributed by atoms with Crippen LogP contribution in [0.3, 0.4) is 0 Å². The molecule has 3 aromatic rings. The second-order valence-electron chi connectivity index (χ2n) is 4.77. The summed E-state index contributed by atoms with van der Waals surface area (Å²) in [6.07, 6.45) is 0. The molecule has 0 radical (unpaired) electrons. The van der Waals surface area contributed by atoms with Gasteiger partial charge in [0.25, 0.3) is 5.89 Å². The third kappa shape index (κ3) is 3.21. The number of aromatic nitrogens is 2. The van der Waals surface area contributed by atoms with Gasteiger partial charge in [-0.15, -0.1) is 0 Å². The Morgan fingerprint density at radius 1 is 1.17 bits per heavy atom. The summed E-state index contributed by atoms with van der Waals surface area (Å²) < 4.78 is 10.6. The van der Waals surface area contributed by atoms with Crippen molar-refractivity contribution in [2.24, 2.45) is 0 Å². The van der Waals surface area contributed by atoms with Crippen molar-refractivity contribution in [1.82, 2.24) is 10.1 Å². The zero-order valence-electron chi connectivity index (χ0n) is 12.4. The SMILES string of the molecule is CCOc1ccc(-c2noc(-c3cccc(C(=O)O)c3)n2)cc1. The van der Waals surface area contributed by atoms with E-state index in [1.807, 2.05) is 31.2 Å². The molecule has 2 aromatic carbocycles. The Morgan fingerprint density at radius 3 is 2.65 bits per heavy atom. The highest BCUT2D eigenvalue weighted by molar-refractivity contribution is 5.89. The zero-order chi connectivity index (χ0) is 16.2. The zero-order valence-corrected chi connectivity index (χ0v) is 12.4. The van der Waals surface area contributed by atoms with Crippen LogP contribution in [0.15, 0.2) is 53.1 Å². The van der Waals surface area contributed by atoms with E-state index in [0.29, 0.717) is 18.0 Å². The van der Waals surface area contributed by atoms with E-state index >= 15 is 0 Å². The first-order valence-electron chi connectivity index (χ1n) is 7.08. The van der Waals surface area contributed by atoms with E-state index in [4.69, 9.17) is 14.4 Å². The lowest BCUT2D eigenvalue weighted by atomic mass is 10.1. The number of carbonyl (C=O) groups is 1. The molecular formula is C17H14N2O4. The summed E-state index contributed by atoms with van der Waals surface area (Å²) in [6, 6.07) is 13.7. The molecule has 0 saturated carbocycles. The van der Waals surface area contributed by atoms with E-state index in [9.17, 15) is 4.79 Å². The summed E-state index contributed by atoms with van der Waals surface area (Å²) in [5.41, 5.74) is 1.52. The molecule has 116 valence electrons. The van der Waals surface area contributed by atoms with Crippen molar-refractivity contribution in [3.63, 3.8) is 0 Å². The summed E-state index contributed by atoms with van der Waals surface area (Å²) in [7, 11) is 0. The van der Waals surface area contributed by atoms with Crippen molar-refractivity contribution in [3.8, 4) is 28.6 Å². The Bertz CT molecular complexity index is 825. The predicted molar refractivity (Wildman–Crippen MR) is 83.3 cm³/mol. The molecule has 0 saturated heterocycles. The minimum atomic E-state index is -1.00. The maximum absolute atomic E-state index is 11.0. The number of ether oxygens (including phenoxy) is 1. The third-order valence-corrected chi connectivity index (χ3v) is 3.21. The van der Waals surface area contributed by atoms with Gasteiger partial charge in [0.2, 0.25) is 5.82 Å². The first-order chi connectivity index (χ1) is 11.2. The molecule has 1 N–H and O–H groups in total. The van der Waals surface area contributed by atoms with Gasteiger partial charge >= 0.3 is 5.97 Å². The van der Waals surface area contributed by atoms with Crippen LogP contribution in [-0.2, 0) is 0 Å². The van der Waals surface area contributed by atoms with Crippen molar-refractivity contribution in [1.29, 1.82) is 0 Å². The van der Waals surface area contributed by atoms with Gasteiger partial charge in [0, 0.05) is 11.1 Å². The lowest BCUT2D eigenvalue weighted by Crippen LogP contribution is -1.95. The Kier molecular flexibility index (Phi) is 4.05. The van der Waals surface area contributed by atoms with Crippen molar-refractivity contribution in [2.45, 2.75) is 6.92 Å². The molecule has 0 aliphatic rings. The number of carboxylic acid groups (broad SMARTS) is 1.